The molecule has 0 aromatic heterocycles. The van der Waals surface area contributed by atoms with Gasteiger partial charge in [-0.3, -0.25) is 4.79 Å². The molecule has 1 rings (SSSR count). The summed E-state index contributed by atoms with van der Waals surface area (Å²) < 4.78 is 0.961. The van der Waals surface area contributed by atoms with E-state index in [1.54, 1.807) is 6.92 Å². The lowest BCUT2D eigenvalue weighted by Gasteiger charge is -2.09. The number of hydrogen-bond acceptors (Lipinski definition) is 2. The fraction of sp³-hybridized carbons (Fsp3) is 0.385. The third-order valence-electron chi connectivity index (χ3n) is 2.63. The topological polar surface area (TPSA) is 78.4 Å². The van der Waals surface area contributed by atoms with Crippen LogP contribution in [0.2, 0.25) is 0 Å². The number of nitrogens with one attached hydrogen (secondary N) is 2. The average Bonchev–Trinajstić information content (AvgIpc) is 2.36. The highest BCUT2D eigenvalue weighted by Gasteiger charge is 2.10. The Bertz CT molecular complexity index is 451. The van der Waals surface area contributed by atoms with E-state index in [1.807, 2.05) is 24.3 Å². The van der Waals surface area contributed by atoms with E-state index in [4.69, 9.17) is 5.11 Å². The molecule has 3 N–H and O–H groups in total. The minimum absolute atomic E-state index is 0.294. The van der Waals surface area contributed by atoms with E-state index in [0.717, 1.165) is 10.0 Å². The van der Waals surface area contributed by atoms with Crippen LogP contribution in [0.15, 0.2) is 28.7 Å². The van der Waals surface area contributed by atoms with Crippen molar-refractivity contribution in [1.29, 1.82) is 0 Å². The minimum atomic E-state index is -0.851. The molecule has 1 aromatic carbocycles. The predicted molar refractivity (Wildman–Crippen MR) is 75.8 cm³/mol. The molecular weight excluding hydrogens is 312 g/mol. The van der Waals surface area contributed by atoms with Crippen molar-refractivity contribution in [3.05, 3.63) is 34.3 Å². The van der Waals surface area contributed by atoms with Crippen LogP contribution in [0, 0.1) is 5.92 Å². The molecule has 0 spiro atoms. The number of carbonyl (C=O) groups excluding carboxylic acids is 1. The molecule has 104 valence electrons. The van der Waals surface area contributed by atoms with Gasteiger partial charge in [0.2, 0.25) is 0 Å². The lowest BCUT2D eigenvalue weighted by molar-refractivity contribution is -0.141. The maximum absolute atomic E-state index is 11.5. The van der Waals surface area contributed by atoms with Crippen molar-refractivity contribution in [3.8, 4) is 0 Å². The molecular formula is C13H17BrN2O3. The van der Waals surface area contributed by atoms with Gasteiger partial charge in [-0.05, 0) is 24.1 Å². The number of aliphatic carboxylic acids is 1. The summed E-state index contributed by atoms with van der Waals surface area (Å²) in [6, 6.07) is 7.35. The van der Waals surface area contributed by atoms with Crippen molar-refractivity contribution >= 4 is 27.9 Å². The van der Waals surface area contributed by atoms with Crippen LogP contribution < -0.4 is 10.6 Å². The first-order valence-electron chi connectivity index (χ1n) is 5.98. The number of carbonyl (C=O) groups is 2. The number of urea groups is 1. The minimum Gasteiger partial charge on any atom is -0.481 e. The molecule has 5 nitrogen and oxygen atoms in total. The molecule has 0 fully saturated rings. The largest absolute Gasteiger partial charge is 0.481 e. The highest BCUT2D eigenvalue weighted by atomic mass is 79.9. The zero-order valence-electron chi connectivity index (χ0n) is 10.6. The van der Waals surface area contributed by atoms with Crippen molar-refractivity contribution in [3.63, 3.8) is 0 Å². The van der Waals surface area contributed by atoms with Crippen LogP contribution in [0.25, 0.3) is 0 Å². The fourth-order valence-electron chi connectivity index (χ4n) is 1.42. The predicted octanol–water partition coefficient (Wildman–Crippen LogP) is 2.36. The molecule has 0 aliphatic rings. The Kier molecular flexibility index (Phi) is 6.35. The van der Waals surface area contributed by atoms with Gasteiger partial charge >= 0.3 is 12.0 Å². The molecule has 0 aliphatic carbocycles. The normalized spacial score (nSPS) is 11.7. The monoisotopic (exact) mass is 328 g/mol. The number of carboxylic acid groups (broad SMARTS) is 1. The molecule has 0 heterocycles. The molecule has 19 heavy (non-hydrogen) atoms. The van der Waals surface area contributed by atoms with Crippen LogP contribution in [0.5, 0.6) is 0 Å². The second kappa shape index (κ2) is 7.78. The van der Waals surface area contributed by atoms with Crippen LogP contribution in [0.3, 0.4) is 0 Å². The Hall–Kier alpha value is -1.56. The van der Waals surface area contributed by atoms with Gasteiger partial charge in [0.1, 0.15) is 0 Å². The molecule has 0 bridgehead atoms. The first kappa shape index (κ1) is 15.5. The smallest absolute Gasteiger partial charge is 0.315 e. The average molecular weight is 329 g/mol. The highest BCUT2D eigenvalue weighted by Crippen LogP contribution is 2.11. The number of carboxylic acids is 1. The molecule has 0 saturated heterocycles. The van der Waals surface area contributed by atoms with Gasteiger partial charge in [-0.25, -0.2) is 4.79 Å². The van der Waals surface area contributed by atoms with Crippen LogP contribution >= 0.6 is 15.9 Å². The Morgan fingerprint density at radius 3 is 2.74 bits per heavy atom. The first-order chi connectivity index (χ1) is 8.99. The molecule has 1 aromatic rings. The maximum atomic E-state index is 11.5. The van der Waals surface area contributed by atoms with Crippen molar-refractivity contribution in [2.24, 2.45) is 5.92 Å². The van der Waals surface area contributed by atoms with E-state index < -0.39 is 11.9 Å². The Morgan fingerprint density at radius 2 is 2.11 bits per heavy atom. The fourth-order valence-corrected chi connectivity index (χ4v) is 1.86. The molecule has 1 atom stereocenters. The SMILES string of the molecule is CC(CCNC(=O)NCc1cccc(Br)c1)C(=O)O. The van der Waals surface area contributed by atoms with Gasteiger partial charge in [0.05, 0.1) is 5.92 Å². The number of hydrogen-bond donors (Lipinski definition) is 3. The van der Waals surface area contributed by atoms with Crippen LogP contribution in [-0.4, -0.2) is 23.7 Å². The van der Waals surface area contributed by atoms with E-state index in [2.05, 4.69) is 26.6 Å². The zero-order chi connectivity index (χ0) is 14.3. The van der Waals surface area contributed by atoms with Gasteiger partial charge in [0, 0.05) is 17.6 Å². The molecule has 0 aliphatic heterocycles. The summed E-state index contributed by atoms with van der Waals surface area (Å²) in [5, 5.41) is 14.0. The molecule has 2 amide bonds. The Labute approximate surface area is 120 Å². The standard InChI is InChI=1S/C13H17BrN2O3/c1-9(12(17)18)5-6-15-13(19)16-8-10-3-2-4-11(14)7-10/h2-4,7,9H,5-6,8H2,1H3,(H,17,18)(H2,15,16,19). The van der Waals surface area contributed by atoms with E-state index >= 15 is 0 Å². The number of amides is 2. The summed E-state index contributed by atoms with van der Waals surface area (Å²) in [7, 11) is 0. The summed E-state index contributed by atoms with van der Waals surface area (Å²) in [5.41, 5.74) is 0.989. The number of rotatable bonds is 6. The quantitative estimate of drug-likeness (QED) is 0.750. The van der Waals surface area contributed by atoms with Gasteiger partial charge in [-0.1, -0.05) is 35.0 Å². The van der Waals surface area contributed by atoms with Gasteiger partial charge < -0.3 is 15.7 Å². The van der Waals surface area contributed by atoms with E-state index in [0.29, 0.717) is 19.5 Å². The summed E-state index contributed by atoms with van der Waals surface area (Å²) in [4.78, 5) is 22.1. The van der Waals surface area contributed by atoms with Gasteiger partial charge in [0.15, 0.2) is 0 Å². The van der Waals surface area contributed by atoms with Crippen LogP contribution in [0.4, 0.5) is 4.79 Å². The number of halogens is 1. The number of benzene rings is 1. The first-order valence-corrected chi connectivity index (χ1v) is 6.77. The van der Waals surface area contributed by atoms with Crippen LogP contribution in [-0.2, 0) is 11.3 Å². The van der Waals surface area contributed by atoms with Crippen molar-refractivity contribution in [2.75, 3.05) is 6.54 Å². The second-order valence-electron chi connectivity index (χ2n) is 4.27. The third kappa shape index (κ3) is 6.24. The van der Waals surface area contributed by atoms with Crippen LogP contribution in [0.1, 0.15) is 18.9 Å². The van der Waals surface area contributed by atoms with Crippen molar-refractivity contribution in [2.45, 2.75) is 19.9 Å². The molecule has 0 radical (unpaired) electrons. The van der Waals surface area contributed by atoms with Gasteiger partial charge in [0.25, 0.3) is 0 Å². The van der Waals surface area contributed by atoms with Crippen molar-refractivity contribution < 1.29 is 14.7 Å². The Balaban J connectivity index is 2.23. The summed E-state index contributed by atoms with van der Waals surface area (Å²) >= 11 is 3.36. The second-order valence-corrected chi connectivity index (χ2v) is 5.18. The molecule has 1 unspecified atom stereocenters. The lowest BCUT2D eigenvalue weighted by Crippen LogP contribution is -2.36. The summed E-state index contributed by atoms with van der Waals surface area (Å²) in [6.45, 7) is 2.39. The Morgan fingerprint density at radius 1 is 1.37 bits per heavy atom. The molecule has 0 saturated carbocycles. The van der Waals surface area contributed by atoms with Gasteiger partial charge in [-0.15, -0.1) is 0 Å². The summed E-state index contributed by atoms with van der Waals surface area (Å²) in [5.74, 6) is -1.30. The maximum Gasteiger partial charge on any atom is 0.315 e. The van der Waals surface area contributed by atoms with Gasteiger partial charge in [-0.2, -0.15) is 0 Å². The molecule has 6 heteroatoms. The van der Waals surface area contributed by atoms with E-state index in [-0.39, 0.29) is 6.03 Å². The van der Waals surface area contributed by atoms with Crippen molar-refractivity contribution in [1.82, 2.24) is 10.6 Å². The van der Waals surface area contributed by atoms with E-state index in [9.17, 15) is 9.59 Å². The zero-order valence-corrected chi connectivity index (χ0v) is 12.2. The summed E-state index contributed by atoms with van der Waals surface area (Å²) in [6.07, 6.45) is 0.416. The van der Waals surface area contributed by atoms with E-state index in [1.165, 1.54) is 0 Å². The lowest BCUT2D eigenvalue weighted by atomic mass is 10.1. The highest BCUT2D eigenvalue weighted by molar-refractivity contribution is 9.10. The third-order valence-corrected chi connectivity index (χ3v) is 3.12.